The SMILES string of the molecule is C[C@H](C(=O)N1CCC(O)(CN(C)C)CC1)N1CCCC1=O. The molecule has 2 aliphatic rings. The second kappa shape index (κ2) is 6.32. The summed E-state index contributed by atoms with van der Waals surface area (Å²) in [4.78, 5) is 29.7. The molecular weight excluding hydrogens is 270 g/mol. The molecule has 2 rings (SSSR count). The first-order valence-electron chi connectivity index (χ1n) is 7.78. The maximum Gasteiger partial charge on any atom is 0.245 e. The van der Waals surface area contributed by atoms with Crippen molar-refractivity contribution in [3.8, 4) is 0 Å². The number of nitrogens with zero attached hydrogens (tertiary/aromatic N) is 3. The van der Waals surface area contributed by atoms with E-state index in [9.17, 15) is 14.7 Å². The molecule has 6 heteroatoms. The molecular formula is C15H27N3O3. The quantitative estimate of drug-likeness (QED) is 0.788. The largest absolute Gasteiger partial charge is 0.388 e. The van der Waals surface area contributed by atoms with Gasteiger partial charge in [-0.1, -0.05) is 0 Å². The van der Waals surface area contributed by atoms with Gasteiger partial charge in [0.25, 0.3) is 0 Å². The topological polar surface area (TPSA) is 64.1 Å². The van der Waals surface area contributed by atoms with E-state index in [4.69, 9.17) is 0 Å². The zero-order chi connectivity index (χ0) is 15.6. The maximum atomic E-state index is 12.5. The van der Waals surface area contributed by atoms with Crippen LogP contribution in [-0.4, -0.2) is 83.5 Å². The number of hydrogen-bond donors (Lipinski definition) is 1. The molecule has 0 radical (unpaired) electrons. The van der Waals surface area contributed by atoms with Crippen LogP contribution in [-0.2, 0) is 9.59 Å². The summed E-state index contributed by atoms with van der Waals surface area (Å²) < 4.78 is 0. The van der Waals surface area contributed by atoms with Gasteiger partial charge in [0.1, 0.15) is 6.04 Å². The fourth-order valence-corrected chi connectivity index (χ4v) is 3.37. The Kier molecular flexibility index (Phi) is 4.88. The van der Waals surface area contributed by atoms with Crippen LogP contribution in [0.4, 0.5) is 0 Å². The van der Waals surface area contributed by atoms with Crippen LogP contribution < -0.4 is 0 Å². The van der Waals surface area contributed by atoms with Crippen LogP contribution in [0.25, 0.3) is 0 Å². The number of rotatable bonds is 4. The van der Waals surface area contributed by atoms with E-state index in [-0.39, 0.29) is 17.9 Å². The Morgan fingerprint density at radius 3 is 2.43 bits per heavy atom. The lowest BCUT2D eigenvalue weighted by Gasteiger charge is -2.41. The summed E-state index contributed by atoms with van der Waals surface area (Å²) in [6.07, 6.45) is 2.59. The number of likely N-dealkylation sites (N-methyl/N-ethyl adjacent to an activating group) is 1. The van der Waals surface area contributed by atoms with Crippen LogP contribution in [0.15, 0.2) is 0 Å². The molecule has 0 unspecified atom stereocenters. The first-order valence-corrected chi connectivity index (χ1v) is 7.78. The molecule has 0 aromatic carbocycles. The minimum Gasteiger partial charge on any atom is -0.388 e. The van der Waals surface area contributed by atoms with Gasteiger partial charge in [0.15, 0.2) is 0 Å². The molecule has 2 heterocycles. The lowest BCUT2D eigenvalue weighted by Crippen LogP contribution is -2.55. The van der Waals surface area contributed by atoms with E-state index in [1.54, 1.807) is 9.80 Å². The first-order chi connectivity index (χ1) is 9.82. The molecule has 0 saturated carbocycles. The van der Waals surface area contributed by atoms with E-state index < -0.39 is 5.60 Å². The van der Waals surface area contributed by atoms with Crippen LogP contribution in [0, 0.1) is 0 Å². The van der Waals surface area contributed by atoms with Crippen molar-refractivity contribution in [2.24, 2.45) is 0 Å². The number of aliphatic hydroxyl groups is 1. The van der Waals surface area contributed by atoms with E-state index in [1.807, 2.05) is 25.9 Å². The third-order valence-corrected chi connectivity index (χ3v) is 4.55. The highest BCUT2D eigenvalue weighted by Gasteiger charge is 2.37. The minimum absolute atomic E-state index is 0.0113. The minimum atomic E-state index is -0.701. The molecule has 120 valence electrons. The van der Waals surface area contributed by atoms with E-state index in [0.29, 0.717) is 45.4 Å². The second-order valence-corrected chi connectivity index (χ2v) is 6.65. The van der Waals surface area contributed by atoms with Crippen LogP contribution in [0.2, 0.25) is 0 Å². The fourth-order valence-electron chi connectivity index (χ4n) is 3.37. The molecule has 2 amide bonds. The lowest BCUT2D eigenvalue weighted by atomic mass is 9.90. The molecule has 2 saturated heterocycles. The van der Waals surface area contributed by atoms with Gasteiger partial charge in [0.05, 0.1) is 5.60 Å². The van der Waals surface area contributed by atoms with Gasteiger partial charge in [-0.25, -0.2) is 0 Å². The van der Waals surface area contributed by atoms with Gasteiger partial charge in [-0.05, 0) is 40.3 Å². The van der Waals surface area contributed by atoms with E-state index in [2.05, 4.69) is 0 Å². The average molecular weight is 297 g/mol. The van der Waals surface area contributed by atoms with Crippen molar-refractivity contribution in [1.29, 1.82) is 0 Å². The van der Waals surface area contributed by atoms with Crippen LogP contribution in [0.5, 0.6) is 0 Å². The smallest absolute Gasteiger partial charge is 0.245 e. The summed E-state index contributed by atoms with van der Waals surface area (Å²) in [5.41, 5.74) is -0.701. The van der Waals surface area contributed by atoms with Crippen molar-refractivity contribution in [2.75, 3.05) is 40.3 Å². The molecule has 2 fully saturated rings. The summed E-state index contributed by atoms with van der Waals surface area (Å²) >= 11 is 0. The third kappa shape index (κ3) is 3.74. The van der Waals surface area contributed by atoms with Crippen LogP contribution in [0.3, 0.4) is 0 Å². The Balaban J connectivity index is 1.89. The highest BCUT2D eigenvalue weighted by atomic mass is 16.3. The molecule has 2 aliphatic heterocycles. The van der Waals surface area contributed by atoms with Crippen molar-refractivity contribution in [1.82, 2.24) is 14.7 Å². The Hall–Kier alpha value is -1.14. The third-order valence-electron chi connectivity index (χ3n) is 4.55. The maximum absolute atomic E-state index is 12.5. The molecule has 1 N–H and O–H groups in total. The standard InChI is InChI=1S/C15H27N3O3/c1-12(18-8-4-5-13(18)19)14(20)17-9-6-15(21,7-10-17)11-16(2)3/h12,21H,4-11H2,1-3H3/t12-/m1/s1. The molecule has 6 nitrogen and oxygen atoms in total. The Labute approximate surface area is 126 Å². The number of amides is 2. The van der Waals surface area contributed by atoms with Crippen LogP contribution >= 0.6 is 0 Å². The summed E-state index contributed by atoms with van der Waals surface area (Å²) in [5, 5.41) is 10.5. The fraction of sp³-hybridized carbons (Fsp3) is 0.867. The molecule has 0 aromatic heterocycles. The van der Waals surface area contributed by atoms with Crippen molar-refractivity contribution >= 4 is 11.8 Å². The van der Waals surface area contributed by atoms with Crippen molar-refractivity contribution in [3.05, 3.63) is 0 Å². The van der Waals surface area contributed by atoms with Gasteiger partial charge >= 0.3 is 0 Å². The number of likely N-dealkylation sites (tertiary alicyclic amines) is 2. The van der Waals surface area contributed by atoms with Crippen molar-refractivity contribution < 1.29 is 14.7 Å². The van der Waals surface area contributed by atoms with Gasteiger partial charge in [0, 0.05) is 32.6 Å². The van der Waals surface area contributed by atoms with Gasteiger partial charge in [0.2, 0.25) is 11.8 Å². The Morgan fingerprint density at radius 1 is 1.33 bits per heavy atom. The van der Waals surface area contributed by atoms with Gasteiger partial charge in [-0.2, -0.15) is 0 Å². The lowest BCUT2D eigenvalue weighted by molar-refractivity contribution is -0.146. The van der Waals surface area contributed by atoms with Gasteiger partial charge < -0.3 is 19.8 Å². The molecule has 0 bridgehead atoms. The predicted octanol–water partition coefficient (Wildman–Crippen LogP) is -0.0876. The normalized spacial score (nSPS) is 23.8. The van der Waals surface area contributed by atoms with Crippen molar-refractivity contribution in [2.45, 2.75) is 44.2 Å². The number of hydrogen-bond acceptors (Lipinski definition) is 4. The summed E-state index contributed by atoms with van der Waals surface area (Å²) in [6, 6.07) is -0.375. The zero-order valence-corrected chi connectivity index (χ0v) is 13.3. The highest BCUT2D eigenvalue weighted by molar-refractivity contribution is 5.88. The second-order valence-electron chi connectivity index (χ2n) is 6.65. The van der Waals surface area contributed by atoms with Gasteiger partial charge in [-0.3, -0.25) is 9.59 Å². The van der Waals surface area contributed by atoms with E-state index >= 15 is 0 Å². The monoisotopic (exact) mass is 297 g/mol. The van der Waals surface area contributed by atoms with Crippen LogP contribution in [0.1, 0.15) is 32.6 Å². The number of carbonyl (C=O) groups excluding carboxylic acids is 2. The van der Waals surface area contributed by atoms with Gasteiger partial charge in [-0.15, -0.1) is 0 Å². The summed E-state index contributed by atoms with van der Waals surface area (Å²) in [5.74, 6) is 0.0918. The van der Waals surface area contributed by atoms with E-state index in [0.717, 1.165) is 6.42 Å². The number of piperidine rings is 1. The Morgan fingerprint density at radius 2 is 1.95 bits per heavy atom. The molecule has 21 heavy (non-hydrogen) atoms. The summed E-state index contributed by atoms with van der Waals surface area (Å²) in [6.45, 7) is 4.25. The molecule has 0 spiro atoms. The highest BCUT2D eigenvalue weighted by Crippen LogP contribution is 2.24. The first kappa shape index (κ1) is 16.2. The van der Waals surface area contributed by atoms with Crippen molar-refractivity contribution in [3.63, 3.8) is 0 Å². The zero-order valence-electron chi connectivity index (χ0n) is 13.3. The van der Waals surface area contributed by atoms with E-state index in [1.165, 1.54) is 0 Å². The summed E-state index contributed by atoms with van der Waals surface area (Å²) in [7, 11) is 3.88. The molecule has 0 aromatic rings. The molecule has 0 aliphatic carbocycles. The average Bonchev–Trinajstić information content (AvgIpc) is 2.83. The number of carbonyl (C=O) groups is 2. The molecule has 1 atom stereocenters. The Bertz CT molecular complexity index is 403. The predicted molar refractivity (Wildman–Crippen MR) is 79.7 cm³/mol.